The number of aryl methyl sites for hydroxylation is 1. The van der Waals surface area contributed by atoms with E-state index in [-0.39, 0.29) is 6.04 Å². The van der Waals surface area contributed by atoms with Crippen molar-refractivity contribution >= 4 is 12.1 Å². The topological polar surface area (TPSA) is 93.4 Å². The van der Waals surface area contributed by atoms with E-state index in [4.69, 9.17) is 14.7 Å². The van der Waals surface area contributed by atoms with Gasteiger partial charge in [-0.2, -0.15) is 5.26 Å². The van der Waals surface area contributed by atoms with Crippen LogP contribution in [-0.2, 0) is 16.5 Å². The van der Waals surface area contributed by atoms with Crippen LogP contribution in [0.2, 0.25) is 0 Å². The van der Waals surface area contributed by atoms with Gasteiger partial charge in [-0.05, 0) is 46.1 Å². The van der Waals surface area contributed by atoms with Crippen LogP contribution in [0.4, 0.5) is 4.79 Å². The minimum atomic E-state index is -0.586. The van der Waals surface area contributed by atoms with Crippen LogP contribution in [-0.4, -0.2) is 34.4 Å². The number of ether oxygens (including phenoxy) is 2. The second-order valence-electron chi connectivity index (χ2n) is 7.67. The molecule has 7 heteroatoms. The Labute approximate surface area is 154 Å². The predicted molar refractivity (Wildman–Crippen MR) is 95.6 cm³/mol. The minimum absolute atomic E-state index is 0.285. The fraction of sp³-hybridized carbons (Fsp3) is 0.632. The van der Waals surface area contributed by atoms with Gasteiger partial charge in [-0.25, -0.2) is 9.59 Å². The molecule has 0 aromatic carbocycles. The molecule has 2 rings (SSSR count). The van der Waals surface area contributed by atoms with E-state index in [9.17, 15) is 9.59 Å². The molecule has 1 heterocycles. The Morgan fingerprint density at radius 2 is 1.96 bits per heavy atom. The van der Waals surface area contributed by atoms with Gasteiger partial charge in [0.2, 0.25) is 0 Å². The molecule has 1 aromatic heterocycles. The average Bonchev–Trinajstić information content (AvgIpc) is 2.78. The van der Waals surface area contributed by atoms with E-state index in [1.165, 1.54) is 6.07 Å². The van der Waals surface area contributed by atoms with Crippen LogP contribution in [0.15, 0.2) is 12.3 Å². The smallest absolute Gasteiger partial charge is 0.408 e. The predicted octanol–water partition coefficient (Wildman–Crippen LogP) is 3.28. The zero-order valence-electron chi connectivity index (χ0n) is 15.9. The molecule has 0 unspecified atom stereocenters. The summed E-state index contributed by atoms with van der Waals surface area (Å²) in [4.78, 5) is 24.7. The average molecular weight is 361 g/mol. The largest absolute Gasteiger partial charge is 0.456 e. The fourth-order valence-electron chi connectivity index (χ4n) is 3.07. The van der Waals surface area contributed by atoms with Crippen LogP contribution < -0.4 is 5.32 Å². The summed E-state index contributed by atoms with van der Waals surface area (Å²) >= 11 is 0. The van der Waals surface area contributed by atoms with Crippen LogP contribution in [0, 0.1) is 11.3 Å². The molecule has 1 aliphatic rings. The maximum atomic E-state index is 12.5. The number of nitriles is 1. The second-order valence-corrected chi connectivity index (χ2v) is 7.67. The summed E-state index contributed by atoms with van der Waals surface area (Å²) in [6.07, 6.45) is 4.99. The highest BCUT2D eigenvalue weighted by atomic mass is 16.6. The Hall–Kier alpha value is -2.49. The van der Waals surface area contributed by atoms with E-state index >= 15 is 0 Å². The zero-order chi connectivity index (χ0) is 19.3. The van der Waals surface area contributed by atoms with E-state index < -0.39 is 23.8 Å². The van der Waals surface area contributed by atoms with Crippen LogP contribution in [0.3, 0.4) is 0 Å². The lowest BCUT2D eigenvalue weighted by Crippen LogP contribution is -2.46. The molecule has 1 saturated carbocycles. The third-order valence-corrected chi connectivity index (χ3v) is 4.26. The Balaban J connectivity index is 2.07. The number of nitrogens with one attached hydrogen (secondary N) is 1. The molecule has 26 heavy (non-hydrogen) atoms. The Morgan fingerprint density at radius 1 is 1.27 bits per heavy atom. The number of alkyl carbamates (subject to hydrolysis) is 1. The van der Waals surface area contributed by atoms with E-state index in [2.05, 4.69) is 5.32 Å². The molecule has 1 fully saturated rings. The van der Waals surface area contributed by atoms with Gasteiger partial charge in [0.05, 0.1) is 11.6 Å². The monoisotopic (exact) mass is 361 g/mol. The van der Waals surface area contributed by atoms with Gasteiger partial charge in [0.1, 0.15) is 23.5 Å². The molecule has 0 aliphatic heterocycles. The van der Waals surface area contributed by atoms with Gasteiger partial charge in [0.25, 0.3) is 0 Å². The number of carbonyl (C=O) groups is 2. The van der Waals surface area contributed by atoms with Crippen molar-refractivity contribution in [3.63, 3.8) is 0 Å². The van der Waals surface area contributed by atoms with Gasteiger partial charge in [-0.1, -0.05) is 12.8 Å². The van der Waals surface area contributed by atoms with Crippen molar-refractivity contribution in [2.45, 2.75) is 70.6 Å². The third kappa shape index (κ3) is 5.51. The first-order chi connectivity index (χ1) is 12.2. The molecule has 2 atom stereocenters. The van der Waals surface area contributed by atoms with E-state index in [1.54, 1.807) is 38.6 Å². The number of hydrogen-bond donors (Lipinski definition) is 1. The lowest BCUT2D eigenvalue weighted by atomic mass is 10.1. The first-order valence-electron chi connectivity index (χ1n) is 8.96. The van der Waals surface area contributed by atoms with Crippen LogP contribution in [0.1, 0.15) is 68.9 Å². The van der Waals surface area contributed by atoms with Crippen molar-refractivity contribution in [2.24, 2.45) is 7.05 Å². The summed E-state index contributed by atoms with van der Waals surface area (Å²) in [5.41, 5.74) is 0.142. The van der Waals surface area contributed by atoms with Gasteiger partial charge in [-0.3, -0.25) is 0 Å². The minimum Gasteiger partial charge on any atom is -0.456 e. The van der Waals surface area contributed by atoms with Gasteiger partial charge in [0, 0.05) is 13.2 Å². The van der Waals surface area contributed by atoms with Crippen molar-refractivity contribution in [3.8, 4) is 6.07 Å². The Morgan fingerprint density at radius 3 is 2.58 bits per heavy atom. The summed E-state index contributed by atoms with van der Waals surface area (Å²) in [6.45, 7) is 5.41. The quantitative estimate of drug-likeness (QED) is 0.659. The number of aromatic nitrogens is 1. The van der Waals surface area contributed by atoms with Crippen molar-refractivity contribution in [2.75, 3.05) is 0 Å². The van der Waals surface area contributed by atoms with Crippen LogP contribution >= 0.6 is 0 Å². The summed E-state index contributed by atoms with van der Waals surface area (Å²) in [5.74, 6) is -0.489. The molecule has 0 bridgehead atoms. The van der Waals surface area contributed by atoms with Crippen molar-refractivity contribution < 1.29 is 19.1 Å². The fourth-order valence-corrected chi connectivity index (χ4v) is 3.07. The lowest BCUT2D eigenvalue weighted by Gasteiger charge is -2.28. The summed E-state index contributed by atoms with van der Waals surface area (Å²) in [6, 6.07) is 3.24. The Kier molecular flexibility index (Phi) is 6.30. The molecule has 1 aliphatic carbocycles. The van der Waals surface area contributed by atoms with Gasteiger partial charge < -0.3 is 19.4 Å². The molecular formula is C19H27N3O4. The van der Waals surface area contributed by atoms with Gasteiger partial charge in [0.15, 0.2) is 0 Å². The first-order valence-corrected chi connectivity index (χ1v) is 8.96. The third-order valence-electron chi connectivity index (χ3n) is 4.26. The molecular weight excluding hydrogens is 334 g/mol. The maximum Gasteiger partial charge on any atom is 0.408 e. The van der Waals surface area contributed by atoms with E-state index in [0.29, 0.717) is 17.7 Å². The number of carbonyl (C=O) groups excluding carboxylic acids is 2. The summed E-state index contributed by atoms with van der Waals surface area (Å²) < 4.78 is 12.6. The molecule has 0 saturated heterocycles. The lowest BCUT2D eigenvalue weighted by molar-refractivity contribution is 0.0114. The van der Waals surface area contributed by atoms with Gasteiger partial charge in [-0.15, -0.1) is 0 Å². The van der Waals surface area contributed by atoms with Crippen molar-refractivity contribution in [1.82, 2.24) is 9.88 Å². The number of rotatable bonds is 3. The zero-order valence-corrected chi connectivity index (χ0v) is 15.9. The van der Waals surface area contributed by atoms with E-state index in [1.807, 2.05) is 6.07 Å². The van der Waals surface area contributed by atoms with Crippen molar-refractivity contribution in [1.29, 1.82) is 5.26 Å². The molecule has 0 spiro atoms. The number of amides is 1. The van der Waals surface area contributed by atoms with E-state index in [0.717, 1.165) is 25.7 Å². The normalized spacial score (nSPS) is 20.6. The second kappa shape index (κ2) is 8.26. The van der Waals surface area contributed by atoms with Crippen molar-refractivity contribution in [3.05, 3.63) is 23.5 Å². The highest BCUT2D eigenvalue weighted by Gasteiger charge is 2.31. The highest BCUT2D eigenvalue weighted by molar-refractivity contribution is 5.88. The highest BCUT2D eigenvalue weighted by Crippen LogP contribution is 2.23. The molecule has 0 radical (unpaired) electrons. The first kappa shape index (κ1) is 19.8. The standard InChI is InChI=1S/C19H27N3O4/c1-19(2,3)26-18(24)21-14-8-6-5-7-9-16(14)25-17(23)15-10-13(11-20)12-22(15)4/h10,12,14,16H,5-9H2,1-4H3,(H,21,24)/t14-,16-/m1/s1. The number of esters is 1. The maximum absolute atomic E-state index is 12.5. The summed E-state index contributed by atoms with van der Waals surface area (Å²) in [5, 5.41) is 11.8. The van der Waals surface area contributed by atoms with Crippen LogP contribution in [0.5, 0.6) is 0 Å². The molecule has 142 valence electrons. The number of nitrogens with zero attached hydrogens (tertiary/aromatic N) is 2. The Bertz CT molecular complexity index is 697. The molecule has 1 aromatic rings. The molecule has 1 N–H and O–H groups in total. The summed E-state index contributed by atoms with van der Waals surface area (Å²) in [7, 11) is 1.70. The molecule has 7 nitrogen and oxygen atoms in total. The number of hydrogen-bond acceptors (Lipinski definition) is 5. The molecule has 1 amide bonds. The SMILES string of the molecule is Cn1cc(C#N)cc1C(=O)O[C@@H]1CCCCC[C@H]1NC(=O)OC(C)(C)C. The van der Waals surface area contributed by atoms with Crippen LogP contribution in [0.25, 0.3) is 0 Å². The van der Waals surface area contributed by atoms with Gasteiger partial charge >= 0.3 is 12.1 Å².